The van der Waals surface area contributed by atoms with Gasteiger partial charge in [-0.3, -0.25) is 9.52 Å². The third-order valence-electron chi connectivity index (χ3n) is 4.33. The van der Waals surface area contributed by atoms with Gasteiger partial charge in [0.15, 0.2) is 0 Å². The average Bonchev–Trinajstić information content (AvgIpc) is 2.76. The van der Waals surface area contributed by atoms with Crippen molar-refractivity contribution in [2.45, 2.75) is 44.1 Å². The highest BCUT2D eigenvalue weighted by Gasteiger charge is 2.21. The second kappa shape index (κ2) is 11.6. The highest BCUT2D eigenvalue weighted by atomic mass is 32.2. The molecule has 11 heteroatoms. The van der Waals surface area contributed by atoms with Crippen LogP contribution in [0.25, 0.3) is 0 Å². The van der Waals surface area contributed by atoms with E-state index in [1.54, 1.807) is 51.1 Å². The summed E-state index contributed by atoms with van der Waals surface area (Å²) in [5.41, 5.74) is 0.0339. The van der Waals surface area contributed by atoms with Crippen LogP contribution >= 0.6 is 0 Å². The molecule has 0 atom stereocenters. The zero-order valence-electron chi connectivity index (χ0n) is 19.9. The van der Waals surface area contributed by atoms with Crippen LogP contribution in [0, 0.1) is 0 Å². The zero-order chi connectivity index (χ0) is 25.4. The van der Waals surface area contributed by atoms with Gasteiger partial charge in [0.25, 0.3) is 10.0 Å². The minimum Gasteiger partial charge on any atom is -0.497 e. The number of amides is 2. The van der Waals surface area contributed by atoms with Gasteiger partial charge in [0.05, 0.1) is 14.2 Å². The molecular weight excluding hydrogens is 462 g/mol. The summed E-state index contributed by atoms with van der Waals surface area (Å²) in [5, 5.41) is 5.24. The molecule has 0 aliphatic rings. The van der Waals surface area contributed by atoms with E-state index in [1.807, 2.05) is 0 Å². The van der Waals surface area contributed by atoms with Crippen molar-refractivity contribution in [3.8, 4) is 11.5 Å². The summed E-state index contributed by atoms with van der Waals surface area (Å²) in [6.45, 7) is 5.54. The first-order chi connectivity index (χ1) is 15.9. The van der Waals surface area contributed by atoms with Gasteiger partial charge in [0, 0.05) is 24.3 Å². The lowest BCUT2D eigenvalue weighted by Crippen LogP contribution is -2.33. The van der Waals surface area contributed by atoms with E-state index in [-0.39, 0.29) is 29.5 Å². The molecule has 0 saturated carbocycles. The summed E-state index contributed by atoms with van der Waals surface area (Å²) >= 11 is 0. The Morgan fingerprint density at radius 3 is 2.18 bits per heavy atom. The molecule has 2 amide bonds. The lowest BCUT2D eigenvalue weighted by molar-refractivity contribution is -0.116. The molecule has 0 bridgehead atoms. The second-order valence-corrected chi connectivity index (χ2v) is 9.93. The van der Waals surface area contributed by atoms with Gasteiger partial charge in [0.1, 0.15) is 22.0 Å². The molecule has 0 radical (unpaired) electrons. The van der Waals surface area contributed by atoms with Crippen molar-refractivity contribution in [3.05, 3.63) is 42.5 Å². The molecule has 2 aromatic carbocycles. The van der Waals surface area contributed by atoms with Crippen molar-refractivity contribution in [3.63, 3.8) is 0 Å². The fraction of sp³-hybridized carbons (Fsp3) is 0.391. The zero-order valence-corrected chi connectivity index (χ0v) is 20.7. The Hall–Kier alpha value is -3.47. The number of alkyl carbamates (subject to hydrolysis) is 1. The third kappa shape index (κ3) is 8.47. The van der Waals surface area contributed by atoms with Crippen molar-refractivity contribution in [2.75, 3.05) is 30.8 Å². The minimum atomic E-state index is -4.01. The normalized spacial score (nSPS) is 11.3. The lowest BCUT2D eigenvalue weighted by Gasteiger charge is -2.19. The number of ether oxygens (including phenoxy) is 3. The number of carbonyl (C=O) groups is 2. The second-order valence-electron chi connectivity index (χ2n) is 8.28. The van der Waals surface area contributed by atoms with Gasteiger partial charge in [-0.25, -0.2) is 13.2 Å². The molecule has 186 valence electrons. The van der Waals surface area contributed by atoms with E-state index in [9.17, 15) is 18.0 Å². The van der Waals surface area contributed by atoms with E-state index >= 15 is 0 Å². The maximum atomic E-state index is 13.0. The topological polar surface area (TPSA) is 132 Å². The van der Waals surface area contributed by atoms with Crippen molar-refractivity contribution in [1.29, 1.82) is 0 Å². The van der Waals surface area contributed by atoms with Gasteiger partial charge >= 0.3 is 6.09 Å². The quantitative estimate of drug-likeness (QED) is 0.430. The smallest absolute Gasteiger partial charge is 0.407 e. The summed E-state index contributed by atoms with van der Waals surface area (Å²) in [5.74, 6) is 0.384. The molecule has 0 spiro atoms. The van der Waals surface area contributed by atoms with Crippen LogP contribution < -0.4 is 24.8 Å². The fourth-order valence-electron chi connectivity index (χ4n) is 2.81. The number of benzene rings is 2. The maximum absolute atomic E-state index is 13.0. The Balaban J connectivity index is 2.00. The number of hydrogen-bond acceptors (Lipinski definition) is 7. The van der Waals surface area contributed by atoms with Crippen LogP contribution in [0.5, 0.6) is 11.5 Å². The Kier molecular flexibility index (Phi) is 9.13. The first-order valence-electron chi connectivity index (χ1n) is 10.5. The average molecular weight is 494 g/mol. The molecule has 0 saturated heterocycles. The molecule has 10 nitrogen and oxygen atoms in total. The van der Waals surface area contributed by atoms with Crippen molar-refractivity contribution in [1.82, 2.24) is 5.32 Å². The van der Waals surface area contributed by atoms with Gasteiger partial charge in [-0.05, 0) is 69.7 Å². The number of methoxy groups -OCH3 is 2. The molecule has 34 heavy (non-hydrogen) atoms. The molecule has 2 rings (SSSR count). The van der Waals surface area contributed by atoms with E-state index in [0.717, 1.165) is 0 Å². The molecule has 0 heterocycles. The summed E-state index contributed by atoms with van der Waals surface area (Å²) in [4.78, 5) is 23.8. The largest absolute Gasteiger partial charge is 0.497 e. The summed E-state index contributed by atoms with van der Waals surface area (Å²) < 4.78 is 43.8. The predicted molar refractivity (Wildman–Crippen MR) is 129 cm³/mol. The van der Waals surface area contributed by atoms with Gasteiger partial charge in [-0.1, -0.05) is 0 Å². The number of rotatable bonds is 10. The van der Waals surface area contributed by atoms with Crippen LogP contribution in [0.3, 0.4) is 0 Å². The van der Waals surface area contributed by atoms with E-state index in [0.29, 0.717) is 23.5 Å². The standard InChI is InChI=1S/C23H31N3O7S/c1-23(2,3)33-22(28)24-14-6-7-21(27)25-17-10-13-19(32-5)20(15-17)34(29,30)26-16-8-11-18(31-4)12-9-16/h8-13,15,26H,6-7,14H2,1-5H3,(H,24,28)(H,25,27). The van der Waals surface area contributed by atoms with Gasteiger partial charge in [-0.2, -0.15) is 0 Å². The summed E-state index contributed by atoms with van der Waals surface area (Å²) in [6, 6.07) is 10.7. The molecule has 0 unspecified atom stereocenters. The number of nitrogens with one attached hydrogen (secondary N) is 3. The SMILES string of the molecule is COc1ccc(NS(=O)(=O)c2cc(NC(=O)CCCNC(=O)OC(C)(C)C)ccc2OC)cc1. The minimum absolute atomic E-state index is 0.119. The molecule has 3 N–H and O–H groups in total. The predicted octanol–water partition coefficient (Wildman–Crippen LogP) is 3.75. The van der Waals surface area contributed by atoms with E-state index < -0.39 is 21.7 Å². The number of hydrogen-bond donors (Lipinski definition) is 3. The van der Waals surface area contributed by atoms with Crippen LogP contribution in [-0.2, 0) is 19.6 Å². The third-order valence-corrected chi connectivity index (χ3v) is 5.73. The molecule has 0 aromatic heterocycles. The Morgan fingerprint density at radius 2 is 1.59 bits per heavy atom. The fourth-order valence-corrected chi connectivity index (χ4v) is 4.07. The van der Waals surface area contributed by atoms with Crippen LogP contribution in [-0.4, -0.2) is 46.8 Å². The first kappa shape index (κ1) is 26.8. The number of sulfonamides is 1. The Labute approximate surface area is 200 Å². The highest BCUT2D eigenvalue weighted by Crippen LogP contribution is 2.29. The van der Waals surface area contributed by atoms with Crippen LogP contribution in [0.1, 0.15) is 33.6 Å². The molecular formula is C23H31N3O7S. The highest BCUT2D eigenvalue weighted by molar-refractivity contribution is 7.92. The summed E-state index contributed by atoms with van der Waals surface area (Å²) in [7, 11) is -1.13. The monoisotopic (exact) mass is 493 g/mol. The van der Waals surface area contributed by atoms with E-state index in [2.05, 4.69) is 15.4 Å². The van der Waals surface area contributed by atoms with Gasteiger partial charge in [0.2, 0.25) is 5.91 Å². The first-order valence-corrected chi connectivity index (χ1v) is 12.0. The van der Waals surface area contributed by atoms with Crippen molar-refractivity contribution >= 4 is 33.4 Å². The lowest BCUT2D eigenvalue weighted by atomic mass is 10.2. The van der Waals surface area contributed by atoms with E-state index in [1.165, 1.54) is 26.4 Å². The number of carbonyl (C=O) groups excluding carboxylic acids is 2. The van der Waals surface area contributed by atoms with Crippen LogP contribution in [0.15, 0.2) is 47.4 Å². The van der Waals surface area contributed by atoms with Crippen LogP contribution in [0.4, 0.5) is 16.2 Å². The maximum Gasteiger partial charge on any atom is 0.407 e. The van der Waals surface area contributed by atoms with Crippen LogP contribution in [0.2, 0.25) is 0 Å². The summed E-state index contributed by atoms with van der Waals surface area (Å²) in [6.07, 6.45) is -0.0540. The molecule has 0 fully saturated rings. The van der Waals surface area contributed by atoms with E-state index in [4.69, 9.17) is 14.2 Å². The van der Waals surface area contributed by atoms with Crippen molar-refractivity contribution in [2.24, 2.45) is 0 Å². The Morgan fingerprint density at radius 1 is 0.941 bits per heavy atom. The van der Waals surface area contributed by atoms with Gasteiger partial charge < -0.3 is 24.8 Å². The van der Waals surface area contributed by atoms with Gasteiger partial charge in [-0.15, -0.1) is 0 Å². The van der Waals surface area contributed by atoms with Crippen molar-refractivity contribution < 1.29 is 32.2 Å². The number of anilines is 2. The molecule has 0 aliphatic carbocycles. The molecule has 0 aliphatic heterocycles. The molecule has 2 aromatic rings. The Bertz CT molecular complexity index is 1090.